The number of unbranched alkanes of at least 4 members (excludes halogenated alkanes) is 1. The Hall–Kier alpha value is -4.27. The largest absolute Gasteiger partial charge is 0.453 e. The average molecular weight is 656 g/mol. The number of aliphatic hydroxyl groups excluding tert-OH is 1. The Kier molecular flexibility index (Phi) is 12.3. The van der Waals surface area contributed by atoms with Gasteiger partial charge < -0.3 is 29.7 Å². The molecule has 5 rings (SSSR count). The summed E-state index contributed by atoms with van der Waals surface area (Å²) in [6.07, 6.45) is 6.42. The molecule has 1 aliphatic heterocycles. The van der Waals surface area contributed by atoms with Gasteiger partial charge in [0.25, 0.3) is 0 Å². The highest BCUT2D eigenvalue weighted by atomic mass is 35.5. The number of aromatic nitrogens is 5. The minimum Gasteiger partial charge on any atom is -0.453 e. The first kappa shape index (κ1) is 34.6. The standard InChI is InChI=1S/C31H41N9O5.ClH/c1-4-5-13-38(15-16-41)28-27-25(34-29(35-28)36-30(42)44-2)20-40(37-27)18-22-11-10-21(24-9-6-12-32-26(22)24)17-33-23-8-7-14-39(19-23)31(43)45-3;/h6,9-12,20,23,33,41H,4-5,7-8,13-19H2,1-3H3,(H,34,36,42);1H/t23-;/m1./s1. The van der Waals surface area contributed by atoms with E-state index in [9.17, 15) is 14.7 Å². The smallest absolute Gasteiger partial charge is 0.413 e. The maximum Gasteiger partial charge on any atom is 0.413 e. The fraction of sp³-hybridized carbons (Fsp3) is 0.484. The van der Waals surface area contributed by atoms with Crippen molar-refractivity contribution in [3.63, 3.8) is 0 Å². The van der Waals surface area contributed by atoms with E-state index in [2.05, 4.69) is 45.7 Å². The van der Waals surface area contributed by atoms with E-state index in [1.807, 2.05) is 17.2 Å². The van der Waals surface area contributed by atoms with Gasteiger partial charge in [-0.2, -0.15) is 10.1 Å². The number of likely N-dealkylation sites (tertiary alicyclic amines) is 1. The van der Waals surface area contributed by atoms with E-state index in [4.69, 9.17) is 19.6 Å². The summed E-state index contributed by atoms with van der Waals surface area (Å²) in [5.41, 5.74) is 4.10. The number of hydrogen-bond acceptors (Lipinski definition) is 11. The lowest BCUT2D eigenvalue weighted by molar-refractivity contribution is 0.107. The van der Waals surface area contributed by atoms with Crippen LogP contribution in [0.1, 0.15) is 43.7 Å². The molecule has 46 heavy (non-hydrogen) atoms. The zero-order chi connectivity index (χ0) is 31.8. The van der Waals surface area contributed by atoms with Crippen LogP contribution < -0.4 is 15.5 Å². The summed E-state index contributed by atoms with van der Waals surface area (Å²) < 4.78 is 11.5. The van der Waals surface area contributed by atoms with E-state index in [-0.39, 0.29) is 37.1 Å². The third-order valence-electron chi connectivity index (χ3n) is 7.95. The Bertz CT molecular complexity index is 1640. The van der Waals surface area contributed by atoms with Crippen LogP contribution in [0.25, 0.3) is 21.9 Å². The van der Waals surface area contributed by atoms with Crippen LogP contribution >= 0.6 is 12.4 Å². The van der Waals surface area contributed by atoms with Crippen molar-refractivity contribution in [1.82, 2.24) is 34.9 Å². The van der Waals surface area contributed by atoms with Crippen LogP contribution in [0, 0.1) is 0 Å². The highest BCUT2D eigenvalue weighted by Gasteiger charge is 2.24. The van der Waals surface area contributed by atoms with Gasteiger partial charge in [0.2, 0.25) is 5.95 Å². The van der Waals surface area contributed by atoms with Crippen LogP contribution in [0.2, 0.25) is 0 Å². The molecule has 1 atom stereocenters. The fourth-order valence-corrected chi connectivity index (χ4v) is 5.68. The number of hydrogen-bond donors (Lipinski definition) is 3. The first-order valence-electron chi connectivity index (χ1n) is 15.3. The molecule has 4 heterocycles. The Morgan fingerprint density at radius 3 is 2.70 bits per heavy atom. The Morgan fingerprint density at radius 2 is 1.93 bits per heavy atom. The number of fused-ring (bicyclic) bond motifs is 2. The normalized spacial score (nSPS) is 14.6. The molecule has 1 saturated heterocycles. The molecule has 0 bridgehead atoms. The number of amides is 2. The molecule has 1 aromatic carbocycles. The summed E-state index contributed by atoms with van der Waals surface area (Å²) in [5.74, 6) is 0.630. The zero-order valence-corrected chi connectivity index (χ0v) is 27.3. The van der Waals surface area contributed by atoms with Crippen LogP contribution in [0.15, 0.2) is 36.7 Å². The van der Waals surface area contributed by atoms with Gasteiger partial charge >= 0.3 is 12.2 Å². The van der Waals surface area contributed by atoms with Gasteiger partial charge in [0.1, 0.15) is 5.52 Å². The molecule has 1 aliphatic rings. The molecule has 2 amide bonds. The van der Waals surface area contributed by atoms with E-state index in [1.54, 1.807) is 15.8 Å². The predicted octanol–water partition coefficient (Wildman–Crippen LogP) is 3.94. The highest BCUT2D eigenvalue weighted by molar-refractivity contribution is 5.90. The number of nitrogens with zero attached hydrogens (tertiary/aromatic N) is 7. The predicted molar refractivity (Wildman–Crippen MR) is 177 cm³/mol. The van der Waals surface area contributed by atoms with Crippen molar-refractivity contribution in [2.75, 3.05) is 57.2 Å². The quantitative estimate of drug-likeness (QED) is 0.203. The molecule has 0 radical (unpaired) electrons. The van der Waals surface area contributed by atoms with Gasteiger partial charge in [-0.05, 0) is 36.5 Å². The number of carbonyl (C=O) groups excluding carboxylic acids is 2. The van der Waals surface area contributed by atoms with Gasteiger partial charge in [0.05, 0.1) is 39.1 Å². The van der Waals surface area contributed by atoms with Gasteiger partial charge in [-0.15, -0.1) is 12.4 Å². The van der Waals surface area contributed by atoms with Crippen molar-refractivity contribution in [2.24, 2.45) is 0 Å². The monoisotopic (exact) mass is 655 g/mol. The first-order chi connectivity index (χ1) is 21.9. The molecule has 14 nitrogen and oxygen atoms in total. The van der Waals surface area contributed by atoms with Gasteiger partial charge in [-0.1, -0.05) is 31.5 Å². The number of aliphatic hydroxyl groups is 1. The van der Waals surface area contributed by atoms with Crippen LogP contribution in [0.3, 0.4) is 0 Å². The van der Waals surface area contributed by atoms with Crippen molar-refractivity contribution in [1.29, 1.82) is 0 Å². The van der Waals surface area contributed by atoms with Crippen molar-refractivity contribution in [3.05, 3.63) is 47.8 Å². The first-order valence-corrected chi connectivity index (χ1v) is 15.3. The Labute approximate surface area is 273 Å². The Balaban J connectivity index is 0.00000480. The molecule has 3 aromatic heterocycles. The molecule has 0 saturated carbocycles. The minimum atomic E-state index is -0.675. The highest BCUT2D eigenvalue weighted by Crippen LogP contribution is 2.27. The van der Waals surface area contributed by atoms with Gasteiger partial charge in [-0.25, -0.2) is 14.6 Å². The number of carbonyl (C=O) groups is 2. The number of methoxy groups -OCH3 is 2. The number of benzene rings is 1. The number of rotatable bonds is 12. The van der Waals surface area contributed by atoms with E-state index in [0.717, 1.165) is 47.7 Å². The van der Waals surface area contributed by atoms with Crippen molar-refractivity contribution >= 4 is 58.3 Å². The van der Waals surface area contributed by atoms with E-state index in [0.29, 0.717) is 56.1 Å². The summed E-state index contributed by atoms with van der Waals surface area (Å²) in [5, 5.41) is 21.8. The lowest BCUT2D eigenvalue weighted by Crippen LogP contribution is -2.47. The maximum atomic E-state index is 12.0. The van der Waals surface area contributed by atoms with E-state index < -0.39 is 6.09 Å². The van der Waals surface area contributed by atoms with Crippen molar-refractivity contribution < 1.29 is 24.2 Å². The molecule has 1 fully saturated rings. The summed E-state index contributed by atoms with van der Waals surface area (Å²) >= 11 is 0. The Morgan fingerprint density at radius 1 is 1.11 bits per heavy atom. The lowest BCUT2D eigenvalue weighted by atomic mass is 10.0. The fourth-order valence-electron chi connectivity index (χ4n) is 5.68. The molecule has 3 N–H and O–H groups in total. The van der Waals surface area contributed by atoms with Crippen LogP contribution in [-0.2, 0) is 22.6 Å². The van der Waals surface area contributed by atoms with Crippen LogP contribution in [0.5, 0.6) is 0 Å². The van der Waals surface area contributed by atoms with Gasteiger partial charge in [0.15, 0.2) is 11.3 Å². The summed E-state index contributed by atoms with van der Waals surface area (Å²) in [4.78, 5) is 41.5. The minimum absolute atomic E-state index is 0. The second-order valence-electron chi connectivity index (χ2n) is 11.0. The number of nitrogens with one attached hydrogen (secondary N) is 2. The van der Waals surface area contributed by atoms with Gasteiger partial charge in [0, 0.05) is 50.3 Å². The second-order valence-corrected chi connectivity index (χ2v) is 11.0. The molecular formula is C31H42ClN9O5. The van der Waals surface area contributed by atoms with E-state index in [1.165, 1.54) is 14.2 Å². The van der Waals surface area contributed by atoms with E-state index >= 15 is 0 Å². The molecule has 15 heteroatoms. The number of anilines is 2. The molecular weight excluding hydrogens is 614 g/mol. The topological polar surface area (TPSA) is 160 Å². The van der Waals surface area contributed by atoms with Crippen LogP contribution in [0.4, 0.5) is 21.4 Å². The number of ether oxygens (including phenoxy) is 2. The SMILES string of the molecule is CCCCN(CCO)c1nc(NC(=O)OC)nc2cn(Cc3ccc(CN[C@@H]4CCCN(C(=O)OC)C4)c4cccnc34)nc12.Cl. The lowest BCUT2D eigenvalue weighted by Gasteiger charge is -2.32. The van der Waals surface area contributed by atoms with Gasteiger partial charge in [-0.3, -0.25) is 15.0 Å². The number of halogens is 1. The summed E-state index contributed by atoms with van der Waals surface area (Å²) in [7, 11) is 2.69. The second kappa shape index (κ2) is 16.3. The van der Waals surface area contributed by atoms with Crippen molar-refractivity contribution in [3.8, 4) is 0 Å². The molecule has 0 unspecified atom stereocenters. The van der Waals surface area contributed by atoms with Crippen molar-refractivity contribution in [2.45, 2.75) is 51.7 Å². The summed E-state index contributed by atoms with van der Waals surface area (Å²) in [6.45, 7) is 5.47. The molecule has 248 valence electrons. The number of piperidine rings is 1. The van der Waals surface area contributed by atoms with Crippen LogP contribution in [-0.4, -0.2) is 100.0 Å². The zero-order valence-electron chi connectivity index (χ0n) is 26.4. The maximum absolute atomic E-state index is 12.0. The third-order valence-corrected chi connectivity index (χ3v) is 7.95. The molecule has 0 spiro atoms. The average Bonchev–Trinajstić information content (AvgIpc) is 3.48. The summed E-state index contributed by atoms with van der Waals surface area (Å²) in [6, 6.07) is 8.35. The molecule has 0 aliphatic carbocycles. The molecule has 4 aromatic rings. The number of pyridine rings is 1. The third kappa shape index (κ3) is 8.11.